The molecule has 0 saturated heterocycles. The van der Waals surface area contributed by atoms with Gasteiger partial charge in [0.05, 0.1) is 26.9 Å². The van der Waals surface area contributed by atoms with Gasteiger partial charge in [0.2, 0.25) is 8.77 Å². The van der Waals surface area contributed by atoms with Crippen molar-refractivity contribution in [1.82, 2.24) is 0 Å². The maximum atomic E-state index is 12.3. The van der Waals surface area contributed by atoms with Crippen molar-refractivity contribution in [3.63, 3.8) is 0 Å². The summed E-state index contributed by atoms with van der Waals surface area (Å²) in [6.07, 6.45) is 7.51. The quantitative estimate of drug-likeness (QED) is 0.155. The number of allylic oxidation sites excluding steroid dienone is 4. The maximum absolute atomic E-state index is 12.3. The SMILES string of the molecule is CN(C)c1ccc(N)c(S(=O)(=S)OO)c1.CN(C)c1ccc(N=C2C=CC(=[N+](C)C)C=C2)c(S(=O)(=S)O[O-])c1. The van der Waals surface area contributed by atoms with E-state index in [1.54, 1.807) is 29.2 Å². The molecule has 2 unspecified atom stereocenters. The molecule has 0 radical (unpaired) electrons. The second-order valence-electron chi connectivity index (χ2n) is 8.74. The molecule has 0 aromatic heterocycles. The molecule has 0 heterocycles. The molecule has 1 aliphatic carbocycles. The number of anilines is 3. The monoisotopic (exact) mass is 613 g/mol. The van der Waals surface area contributed by atoms with Crippen molar-refractivity contribution < 1.29 is 32.2 Å². The molecule has 1 aliphatic rings. The van der Waals surface area contributed by atoms with Crippen LogP contribution in [0.15, 0.2) is 75.5 Å². The first-order chi connectivity index (χ1) is 18.1. The molecule has 0 saturated carbocycles. The second-order valence-corrected chi connectivity index (χ2v) is 14.4. The average Bonchev–Trinajstić information content (AvgIpc) is 2.89. The molecule has 0 bridgehead atoms. The van der Waals surface area contributed by atoms with E-state index in [0.29, 0.717) is 11.4 Å². The van der Waals surface area contributed by atoms with Crippen LogP contribution in [0, 0.1) is 0 Å². The normalized spacial score (nSPS) is 15.5. The van der Waals surface area contributed by atoms with E-state index in [9.17, 15) is 13.7 Å². The van der Waals surface area contributed by atoms with Gasteiger partial charge in [0, 0.05) is 74.1 Å². The summed E-state index contributed by atoms with van der Waals surface area (Å²) in [6, 6.07) is 9.90. The summed E-state index contributed by atoms with van der Waals surface area (Å²) in [5.74, 6) is 0. The first-order valence-electron chi connectivity index (χ1n) is 11.1. The van der Waals surface area contributed by atoms with Crippen LogP contribution in [0.4, 0.5) is 22.7 Å². The lowest BCUT2D eigenvalue weighted by atomic mass is 10.1. The van der Waals surface area contributed by atoms with Crippen molar-refractivity contribution in [2.75, 3.05) is 57.8 Å². The standard InChI is InChI=1S/C16H19N3O3S2.C8H12N2O3S2/c1-18(2)13-7-5-12(6-8-13)17-15-10-9-14(19(3)4)11-16(15)24(21,23)22-20;1-10(2)6-3-4-7(9)8(5-6)15(12,14)13-11/h5-11H,1-4H3;3-5,11H,9H2,1-2H3. The first kappa shape index (κ1) is 32.5. The van der Waals surface area contributed by atoms with Gasteiger partial charge < -0.3 is 25.1 Å². The summed E-state index contributed by atoms with van der Waals surface area (Å²) in [6.45, 7) is 0. The van der Waals surface area contributed by atoms with Crippen molar-refractivity contribution in [3.8, 4) is 0 Å². The van der Waals surface area contributed by atoms with Crippen LogP contribution in [0.1, 0.15) is 0 Å². The summed E-state index contributed by atoms with van der Waals surface area (Å²) >= 11 is 9.43. The maximum Gasteiger partial charge on any atom is 0.204 e. The van der Waals surface area contributed by atoms with Crippen LogP contribution < -0.4 is 20.8 Å². The lowest BCUT2D eigenvalue weighted by Crippen LogP contribution is -2.16. The van der Waals surface area contributed by atoms with Crippen molar-refractivity contribution in [2.24, 2.45) is 4.99 Å². The summed E-state index contributed by atoms with van der Waals surface area (Å²) in [7, 11) is 4.27. The summed E-state index contributed by atoms with van der Waals surface area (Å²) in [5.41, 5.74) is 9.40. The Morgan fingerprint density at radius 2 is 1.41 bits per heavy atom. The molecule has 39 heavy (non-hydrogen) atoms. The highest BCUT2D eigenvalue weighted by atomic mass is 32.8. The Balaban J connectivity index is 0.000000306. The number of aliphatic imine (C=N–C) groups is 1. The fourth-order valence-corrected chi connectivity index (χ4v) is 5.38. The highest BCUT2D eigenvalue weighted by molar-refractivity contribution is 8.30. The van der Waals surface area contributed by atoms with E-state index in [4.69, 9.17) is 22.2 Å². The van der Waals surface area contributed by atoms with E-state index in [1.807, 2.05) is 82.1 Å². The number of rotatable bonds is 7. The van der Waals surface area contributed by atoms with Gasteiger partial charge in [-0.15, -0.1) is 4.33 Å². The van der Waals surface area contributed by atoms with Crippen LogP contribution in [0.2, 0.25) is 0 Å². The van der Waals surface area contributed by atoms with Gasteiger partial charge in [0.15, 0.2) is 14.5 Å². The molecule has 2 atom stereocenters. The van der Waals surface area contributed by atoms with Crippen molar-refractivity contribution >= 4 is 74.1 Å². The smallest absolute Gasteiger partial charge is 0.204 e. The van der Waals surface area contributed by atoms with Gasteiger partial charge in [-0.3, -0.25) is 0 Å². The molecule has 0 spiro atoms. The predicted molar refractivity (Wildman–Crippen MR) is 161 cm³/mol. The van der Waals surface area contributed by atoms with E-state index in [2.05, 4.69) is 24.8 Å². The van der Waals surface area contributed by atoms with E-state index >= 15 is 0 Å². The minimum absolute atomic E-state index is 0.107. The van der Waals surface area contributed by atoms with E-state index < -0.39 is 17.5 Å². The summed E-state index contributed by atoms with van der Waals surface area (Å²) in [5, 5.41) is 19.3. The van der Waals surface area contributed by atoms with Crippen LogP contribution in [-0.4, -0.2) is 72.0 Å². The number of nitrogens with zero attached hydrogens (tertiary/aromatic N) is 4. The molecule has 0 fully saturated rings. The fraction of sp³-hybridized carbons (Fsp3) is 0.250. The van der Waals surface area contributed by atoms with Gasteiger partial charge >= 0.3 is 0 Å². The number of hydrogen-bond acceptors (Lipinski definition) is 12. The van der Waals surface area contributed by atoms with Crippen molar-refractivity contribution in [3.05, 3.63) is 60.7 Å². The average molecular weight is 614 g/mol. The molecule has 15 heteroatoms. The van der Waals surface area contributed by atoms with Gasteiger partial charge in [-0.1, -0.05) is 0 Å². The molecule has 2 aromatic rings. The number of nitrogen functional groups attached to an aromatic ring is 1. The fourth-order valence-electron chi connectivity index (χ4n) is 3.13. The number of benzene rings is 2. The molecule has 11 nitrogen and oxygen atoms in total. The number of nitrogens with two attached hydrogens (primary N) is 1. The zero-order valence-electron chi connectivity index (χ0n) is 22.3. The molecule has 3 rings (SSSR count). The Kier molecular flexibility index (Phi) is 11.3. The van der Waals surface area contributed by atoms with Crippen LogP contribution >= 0.6 is 0 Å². The minimum Gasteiger partial charge on any atom is -0.708 e. The van der Waals surface area contributed by atoms with Gasteiger partial charge in [-0.05, 0) is 48.6 Å². The number of hydrogen-bond donors (Lipinski definition) is 2. The van der Waals surface area contributed by atoms with Crippen LogP contribution in [0.5, 0.6) is 0 Å². The highest BCUT2D eigenvalue weighted by Crippen LogP contribution is 2.30. The molecule has 0 amide bonds. The summed E-state index contributed by atoms with van der Waals surface area (Å²) < 4.78 is 33.4. The van der Waals surface area contributed by atoms with E-state index in [0.717, 1.165) is 17.1 Å². The largest absolute Gasteiger partial charge is 0.708 e. The van der Waals surface area contributed by atoms with E-state index in [1.165, 1.54) is 6.07 Å². The predicted octanol–water partition coefficient (Wildman–Crippen LogP) is 1.82. The Hall–Kier alpha value is -2.76. The first-order valence-corrected chi connectivity index (χ1v) is 16.0. The molecular weight excluding hydrogens is 583 g/mol. The zero-order valence-corrected chi connectivity index (χ0v) is 25.5. The van der Waals surface area contributed by atoms with E-state index in [-0.39, 0.29) is 15.5 Å². The lowest BCUT2D eigenvalue weighted by molar-refractivity contribution is -0.633. The third kappa shape index (κ3) is 8.61. The highest BCUT2D eigenvalue weighted by Gasteiger charge is 2.17. The van der Waals surface area contributed by atoms with Gasteiger partial charge in [0.25, 0.3) is 0 Å². The second kappa shape index (κ2) is 13.5. The molecule has 212 valence electrons. The third-order valence-corrected chi connectivity index (χ3v) is 8.88. The Labute approximate surface area is 238 Å². The van der Waals surface area contributed by atoms with Gasteiger partial charge in [-0.2, -0.15) is 0 Å². The Morgan fingerprint density at radius 1 is 0.897 bits per heavy atom. The van der Waals surface area contributed by atoms with Gasteiger partial charge in [0.1, 0.15) is 14.1 Å². The molecule has 2 aromatic carbocycles. The van der Waals surface area contributed by atoms with Crippen molar-refractivity contribution in [1.29, 1.82) is 0 Å². The molecule has 0 aliphatic heterocycles. The Morgan fingerprint density at radius 3 is 1.87 bits per heavy atom. The zero-order chi connectivity index (χ0) is 29.5. The van der Waals surface area contributed by atoms with Crippen molar-refractivity contribution in [2.45, 2.75) is 9.79 Å². The Bertz CT molecular complexity index is 1520. The summed E-state index contributed by atoms with van der Waals surface area (Å²) in [4.78, 5) is 8.29. The van der Waals surface area contributed by atoms with Crippen LogP contribution in [-0.2, 0) is 48.6 Å². The topological polar surface area (TPSA) is 144 Å². The lowest BCUT2D eigenvalue weighted by Gasteiger charge is -2.18. The third-order valence-electron chi connectivity index (χ3n) is 5.32. The minimum atomic E-state index is -3.58. The van der Waals surface area contributed by atoms with Gasteiger partial charge in [-0.25, -0.2) is 23.2 Å². The molecular formula is C24H31N5O6S4. The molecule has 3 N–H and O–H groups in total. The van der Waals surface area contributed by atoms with Crippen LogP contribution in [0.3, 0.4) is 0 Å². The van der Waals surface area contributed by atoms with Crippen LogP contribution in [0.25, 0.3) is 0 Å².